The number of sulfonamides is 1. The zero-order valence-corrected chi connectivity index (χ0v) is 10.7. The Morgan fingerprint density at radius 3 is 2.75 bits per heavy atom. The van der Waals surface area contributed by atoms with Crippen LogP contribution < -0.4 is 4.72 Å². The van der Waals surface area contributed by atoms with Crippen LogP contribution in [-0.2, 0) is 16.6 Å². The quantitative estimate of drug-likeness (QED) is 0.790. The Balaban J connectivity index is 2.48. The molecule has 0 saturated carbocycles. The van der Waals surface area contributed by atoms with Gasteiger partial charge in [0.1, 0.15) is 0 Å². The fourth-order valence-electron chi connectivity index (χ4n) is 1.11. The minimum atomic E-state index is -3.21. The molecule has 0 aliphatic carbocycles. The van der Waals surface area contributed by atoms with E-state index in [1.807, 2.05) is 19.1 Å². The van der Waals surface area contributed by atoms with Gasteiger partial charge in [-0.3, -0.25) is 4.98 Å². The molecular weight excluding hydrogens is 248 g/mol. The Labute approximate surface area is 101 Å². The summed E-state index contributed by atoms with van der Waals surface area (Å²) < 4.78 is 25.4. The SMILES string of the molecule is Cc1ccc(CNS(=O)(=O)CCCCl)cn1. The van der Waals surface area contributed by atoms with E-state index >= 15 is 0 Å². The number of rotatable bonds is 6. The highest BCUT2D eigenvalue weighted by molar-refractivity contribution is 7.89. The summed E-state index contributed by atoms with van der Waals surface area (Å²) in [5, 5.41) is 0. The monoisotopic (exact) mass is 262 g/mol. The molecule has 0 radical (unpaired) electrons. The molecule has 6 heteroatoms. The van der Waals surface area contributed by atoms with Crippen LogP contribution >= 0.6 is 11.6 Å². The summed E-state index contributed by atoms with van der Waals surface area (Å²) in [6, 6.07) is 3.70. The minimum Gasteiger partial charge on any atom is -0.261 e. The van der Waals surface area contributed by atoms with Crippen LogP contribution in [0.2, 0.25) is 0 Å². The van der Waals surface area contributed by atoms with Gasteiger partial charge in [-0.1, -0.05) is 6.07 Å². The first-order chi connectivity index (χ1) is 7.53. The maximum absolute atomic E-state index is 11.4. The van der Waals surface area contributed by atoms with Crippen LogP contribution in [0.1, 0.15) is 17.7 Å². The lowest BCUT2D eigenvalue weighted by molar-refractivity contribution is 0.580. The number of nitrogens with zero attached hydrogens (tertiary/aromatic N) is 1. The van der Waals surface area contributed by atoms with Crippen molar-refractivity contribution in [3.05, 3.63) is 29.6 Å². The molecule has 4 nitrogen and oxygen atoms in total. The summed E-state index contributed by atoms with van der Waals surface area (Å²) in [5.74, 6) is 0.419. The summed E-state index contributed by atoms with van der Waals surface area (Å²) in [6.45, 7) is 2.16. The van der Waals surface area contributed by atoms with E-state index in [4.69, 9.17) is 11.6 Å². The average Bonchev–Trinajstić information content (AvgIpc) is 2.26. The molecule has 0 spiro atoms. The second kappa shape index (κ2) is 6.18. The van der Waals surface area contributed by atoms with Crippen LogP contribution in [0.15, 0.2) is 18.3 Å². The predicted molar refractivity (Wildman–Crippen MR) is 64.9 cm³/mol. The first kappa shape index (κ1) is 13.4. The highest BCUT2D eigenvalue weighted by atomic mass is 35.5. The van der Waals surface area contributed by atoms with Gasteiger partial charge in [-0.25, -0.2) is 13.1 Å². The molecule has 0 unspecified atom stereocenters. The van der Waals surface area contributed by atoms with Crippen molar-refractivity contribution >= 4 is 21.6 Å². The summed E-state index contributed by atoms with van der Waals surface area (Å²) in [6.07, 6.45) is 2.13. The van der Waals surface area contributed by atoms with Gasteiger partial charge in [0, 0.05) is 24.3 Å². The summed E-state index contributed by atoms with van der Waals surface area (Å²) >= 11 is 5.44. The van der Waals surface area contributed by atoms with Crippen molar-refractivity contribution in [2.24, 2.45) is 0 Å². The van der Waals surface area contributed by atoms with Gasteiger partial charge >= 0.3 is 0 Å². The molecule has 1 aromatic rings. The molecule has 0 aliphatic heterocycles. The van der Waals surface area contributed by atoms with E-state index in [-0.39, 0.29) is 12.3 Å². The molecule has 1 heterocycles. The van der Waals surface area contributed by atoms with Crippen molar-refractivity contribution in [3.63, 3.8) is 0 Å². The summed E-state index contributed by atoms with van der Waals surface area (Å²) in [4.78, 5) is 4.09. The standard InChI is InChI=1S/C10H15ClN2O2S/c1-9-3-4-10(7-12-9)8-13-16(14,15)6-2-5-11/h3-4,7,13H,2,5-6,8H2,1H3. The maximum Gasteiger partial charge on any atom is 0.211 e. The Morgan fingerprint density at radius 2 is 2.19 bits per heavy atom. The van der Waals surface area contributed by atoms with Crippen LogP contribution in [-0.4, -0.2) is 25.0 Å². The van der Waals surface area contributed by atoms with Crippen LogP contribution in [0, 0.1) is 6.92 Å². The van der Waals surface area contributed by atoms with Gasteiger partial charge in [0.2, 0.25) is 10.0 Å². The smallest absolute Gasteiger partial charge is 0.211 e. The van der Waals surface area contributed by atoms with E-state index in [0.717, 1.165) is 11.3 Å². The third-order valence-corrected chi connectivity index (χ3v) is 3.69. The fourth-order valence-corrected chi connectivity index (χ4v) is 2.46. The third-order valence-electron chi connectivity index (χ3n) is 2.02. The summed E-state index contributed by atoms with van der Waals surface area (Å²) in [5.41, 5.74) is 1.76. The van der Waals surface area contributed by atoms with Gasteiger partial charge in [0.25, 0.3) is 0 Å². The van der Waals surface area contributed by atoms with Crippen molar-refractivity contribution in [1.29, 1.82) is 0 Å². The van der Waals surface area contributed by atoms with Crippen LogP contribution in [0.4, 0.5) is 0 Å². The number of pyridine rings is 1. The van der Waals surface area contributed by atoms with Crippen LogP contribution in [0.25, 0.3) is 0 Å². The molecule has 1 aromatic heterocycles. The summed E-state index contributed by atoms with van der Waals surface area (Å²) in [7, 11) is -3.21. The topological polar surface area (TPSA) is 59.1 Å². The average molecular weight is 263 g/mol. The normalized spacial score (nSPS) is 11.6. The van der Waals surface area contributed by atoms with E-state index < -0.39 is 10.0 Å². The fraction of sp³-hybridized carbons (Fsp3) is 0.500. The highest BCUT2D eigenvalue weighted by Gasteiger charge is 2.08. The number of nitrogens with one attached hydrogen (secondary N) is 1. The molecule has 0 aromatic carbocycles. The third kappa shape index (κ3) is 4.92. The molecule has 0 atom stereocenters. The predicted octanol–water partition coefficient (Wildman–Crippen LogP) is 1.44. The van der Waals surface area contributed by atoms with Gasteiger partial charge < -0.3 is 0 Å². The van der Waals surface area contributed by atoms with E-state index in [0.29, 0.717) is 12.3 Å². The highest BCUT2D eigenvalue weighted by Crippen LogP contribution is 2.00. The molecule has 0 saturated heterocycles. The lowest BCUT2D eigenvalue weighted by Gasteiger charge is -2.05. The lowest BCUT2D eigenvalue weighted by Crippen LogP contribution is -2.26. The molecule has 0 aliphatic rings. The van der Waals surface area contributed by atoms with Crippen LogP contribution in [0.3, 0.4) is 0 Å². The number of hydrogen-bond acceptors (Lipinski definition) is 3. The molecule has 1 N–H and O–H groups in total. The van der Waals surface area contributed by atoms with Crippen molar-refractivity contribution in [1.82, 2.24) is 9.71 Å². The van der Waals surface area contributed by atoms with Crippen molar-refractivity contribution in [2.45, 2.75) is 19.9 Å². The van der Waals surface area contributed by atoms with Crippen molar-refractivity contribution < 1.29 is 8.42 Å². The van der Waals surface area contributed by atoms with Gasteiger partial charge in [-0.2, -0.15) is 0 Å². The van der Waals surface area contributed by atoms with Gasteiger partial charge in [0.15, 0.2) is 0 Å². The van der Waals surface area contributed by atoms with E-state index in [2.05, 4.69) is 9.71 Å². The molecule has 16 heavy (non-hydrogen) atoms. The van der Waals surface area contributed by atoms with E-state index in [9.17, 15) is 8.42 Å². The van der Waals surface area contributed by atoms with Gasteiger partial charge in [0.05, 0.1) is 5.75 Å². The Morgan fingerprint density at radius 1 is 1.44 bits per heavy atom. The number of halogens is 1. The first-order valence-corrected chi connectivity index (χ1v) is 7.17. The molecule has 0 bridgehead atoms. The van der Waals surface area contributed by atoms with E-state index in [1.54, 1.807) is 6.20 Å². The number of aromatic nitrogens is 1. The lowest BCUT2D eigenvalue weighted by atomic mass is 10.2. The minimum absolute atomic E-state index is 0.0653. The second-order valence-corrected chi connectivity index (χ2v) is 5.79. The number of hydrogen-bond donors (Lipinski definition) is 1. The second-order valence-electron chi connectivity index (χ2n) is 3.49. The molecule has 90 valence electrons. The maximum atomic E-state index is 11.4. The Kier molecular flexibility index (Phi) is 5.18. The molecule has 0 fully saturated rings. The van der Waals surface area contributed by atoms with Gasteiger partial charge in [-0.05, 0) is 25.0 Å². The zero-order valence-electron chi connectivity index (χ0n) is 9.11. The van der Waals surface area contributed by atoms with Gasteiger partial charge in [-0.15, -0.1) is 11.6 Å². The van der Waals surface area contributed by atoms with Crippen molar-refractivity contribution in [2.75, 3.05) is 11.6 Å². The van der Waals surface area contributed by atoms with Crippen LogP contribution in [0.5, 0.6) is 0 Å². The number of alkyl halides is 1. The Hall–Kier alpha value is -0.650. The molecule has 0 amide bonds. The largest absolute Gasteiger partial charge is 0.261 e. The molecular formula is C10H15ClN2O2S. The zero-order chi connectivity index (χ0) is 12.0. The number of aryl methyl sites for hydroxylation is 1. The first-order valence-electron chi connectivity index (χ1n) is 4.98. The van der Waals surface area contributed by atoms with Crippen molar-refractivity contribution in [3.8, 4) is 0 Å². The van der Waals surface area contributed by atoms with E-state index in [1.165, 1.54) is 0 Å². The molecule has 1 rings (SSSR count). The Bertz CT molecular complexity index is 417.